The SMILES string of the molecule is c1ccc(OCCCC2Cc3ccccc3N2)cc1. The molecule has 0 amide bonds. The molecular weight excluding hydrogens is 234 g/mol. The zero-order chi connectivity index (χ0) is 12.9. The largest absolute Gasteiger partial charge is 0.494 e. The van der Waals surface area contributed by atoms with E-state index in [9.17, 15) is 0 Å². The summed E-state index contributed by atoms with van der Waals surface area (Å²) in [6.07, 6.45) is 3.38. The highest BCUT2D eigenvalue weighted by molar-refractivity contribution is 5.56. The first-order chi connectivity index (χ1) is 9.42. The Bertz CT molecular complexity index is 499. The average Bonchev–Trinajstić information content (AvgIpc) is 2.87. The molecule has 2 aromatic rings. The van der Waals surface area contributed by atoms with E-state index in [0.29, 0.717) is 6.04 Å². The van der Waals surface area contributed by atoms with Crippen molar-refractivity contribution >= 4 is 5.69 Å². The number of benzene rings is 2. The van der Waals surface area contributed by atoms with E-state index in [0.717, 1.165) is 31.6 Å². The summed E-state index contributed by atoms with van der Waals surface area (Å²) in [4.78, 5) is 0. The molecule has 1 atom stereocenters. The zero-order valence-corrected chi connectivity index (χ0v) is 11.0. The number of hydrogen-bond donors (Lipinski definition) is 1. The maximum Gasteiger partial charge on any atom is 0.119 e. The molecule has 0 saturated heterocycles. The Kier molecular flexibility index (Phi) is 3.68. The van der Waals surface area contributed by atoms with E-state index < -0.39 is 0 Å². The van der Waals surface area contributed by atoms with Crippen molar-refractivity contribution < 1.29 is 4.74 Å². The van der Waals surface area contributed by atoms with Crippen molar-refractivity contribution in [2.45, 2.75) is 25.3 Å². The number of nitrogens with one attached hydrogen (secondary N) is 1. The summed E-state index contributed by atoms with van der Waals surface area (Å²) in [5.74, 6) is 0.963. The van der Waals surface area contributed by atoms with E-state index in [1.165, 1.54) is 11.3 Å². The van der Waals surface area contributed by atoms with Gasteiger partial charge in [0.2, 0.25) is 0 Å². The number of fused-ring (bicyclic) bond motifs is 1. The van der Waals surface area contributed by atoms with Crippen LogP contribution in [0.3, 0.4) is 0 Å². The maximum atomic E-state index is 5.72. The van der Waals surface area contributed by atoms with Crippen LogP contribution >= 0.6 is 0 Å². The lowest BCUT2D eigenvalue weighted by Gasteiger charge is -2.11. The molecule has 0 bridgehead atoms. The third-order valence-electron chi connectivity index (χ3n) is 3.55. The molecule has 0 aliphatic carbocycles. The topological polar surface area (TPSA) is 21.3 Å². The van der Waals surface area contributed by atoms with E-state index in [-0.39, 0.29) is 0 Å². The van der Waals surface area contributed by atoms with Gasteiger partial charge in [-0.25, -0.2) is 0 Å². The standard InChI is InChI=1S/C17H19NO/c1-2-9-16(10-3-1)19-12-6-8-15-13-14-7-4-5-11-17(14)18-15/h1-5,7,9-11,15,18H,6,8,12-13H2. The first-order valence-corrected chi connectivity index (χ1v) is 6.94. The third kappa shape index (κ3) is 3.08. The van der Waals surface area contributed by atoms with Gasteiger partial charge in [0.1, 0.15) is 5.75 Å². The van der Waals surface area contributed by atoms with Crippen molar-refractivity contribution in [3.8, 4) is 5.75 Å². The molecule has 2 heteroatoms. The summed E-state index contributed by atoms with van der Waals surface area (Å²) in [5, 5.41) is 3.58. The van der Waals surface area contributed by atoms with Gasteiger partial charge >= 0.3 is 0 Å². The van der Waals surface area contributed by atoms with Gasteiger partial charge in [-0.2, -0.15) is 0 Å². The van der Waals surface area contributed by atoms with Crippen molar-refractivity contribution in [2.24, 2.45) is 0 Å². The summed E-state index contributed by atoms with van der Waals surface area (Å²) in [7, 11) is 0. The number of para-hydroxylation sites is 2. The highest BCUT2D eigenvalue weighted by Crippen LogP contribution is 2.27. The van der Waals surface area contributed by atoms with Crippen molar-refractivity contribution in [1.29, 1.82) is 0 Å². The fourth-order valence-corrected chi connectivity index (χ4v) is 2.59. The van der Waals surface area contributed by atoms with Gasteiger partial charge in [-0.3, -0.25) is 0 Å². The highest BCUT2D eigenvalue weighted by Gasteiger charge is 2.18. The zero-order valence-electron chi connectivity index (χ0n) is 11.0. The van der Waals surface area contributed by atoms with Crippen molar-refractivity contribution in [2.75, 3.05) is 11.9 Å². The van der Waals surface area contributed by atoms with Gasteiger partial charge in [0.05, 0.1) is 6.61 Å². The van der Waals surface area contributed by atoms with E-state index in [1.54, 1.807) is 0 Å². The summed E-state index contributed by atoms with van der Waals surface area (Å²) in [5.41, 5.74) is 2.74. The number of hydrogen-bond acceptors (Lipinski definition) is 2. The summed E-state index contributed by atoms with van der Waals surface area (Å²) < 4.78 is 5.72. The number of ether oxygens (including phenoxy) is 1. The lowest BCUT2D eigenvalue weighted by Crippen LogP contribution is -2.16. The molecule has 1 aliphatic heterocycles. The van der Waals surface area contributed by atoms with E-state index in [2.05, 4.69) is 29.6 Å². The number of rotatable bonds is 5. The first-order valence-electron chi connectivity index (χ1n) is 6.94. The predicted molar refractivity (Wildman–Crippen MR) is 78.7 cm³/mol. The van der Waals surface area contributed by atoms with E-state index in [1.807, 2.05) is 30.3 Å². The molecule has 1 aliphatic rings. The molecule has 2 aromatic carbocycles. The maximum absolute atomic E-state index is 5.72. The molecule has 0 radical (unpaired) electrons. The van der Waals surface area contributed by atoms with Gasteiger partial charge in [-0.05, 0) is 43.0 Å². The molecule has 0 spiro atoms. The molecule has 0 saturated carbocycles. The van der Waals surface area contributed by atoms with Crippen LogP contribution in [0.4, 0.5) is 5.69 Å². The van der Waals surface area contributed by atoms with Crippen LogP contribution in [0.1, 0.15) is 18.4 Å². The Balaban J connectivity index is 1.41. The molecule has 3 rings (SSSR count). The van der Waals surface area contributed by atoms with Gasteiger partial charge in [-0.1, -0.05) is 36.4 Å². The molecule has 1 heterocycles. The Morgan fingerprint density at radius 2 is 1.79 bits per heavy atom. The third-order valence-corrected chi connectivity index (χ3v) is 3.55. The van der Waals surface area contributed by atoms with Gasteiger partial charge < -0.3 is 10.1 Å². The van der Waals surface area contributed by atoms with Crippen LogP contribution in [-0.4, -0.2) is 12.6 Å². The monoisotopic (exact) mass is 253 g/mol. The number of anilines is 1. The van der Waals surface area contributed by atoms with Crippen molar-refractivity contribution in [3.05, 3.63) is 60.2 Å². The molecule has 0 aromatic heterocycles. The van der Waals surface area contributed by atoms with Crippen LogP contribution in [0.5, 0.6) is 5.75 Å². The Morgan fingerprint density at radius 3 is 2.63 bits per heavy atom. The van der Waals surface area contributed by atoms with Crippen LogP contribution in [0.2, 0.25) is 0 Å². The minimum absolute atomic E-state index is 0.566. The summed E-state index contributed by atoms with van der Waals surface area (Å²) in [6.45, 7) is 0.790. The Hall–Kier alpha value is -1.96. The quantitative estimate of drug-likeness (QED) is 0.816. The second-order valence-electron chi connectivity index (χ2n) is 5.01. The Labute approximate surface area is 114 Å². The normalized spacial score (nSPS) is 16.7. The smallest absolute Gasteiger partial charge is 0.119 e. The molecule has 19 heavy (non-hydrogen) atoms. The summed E-state index contributed by atoms with van der Waals surface area (Å²) in [6, 6.07) is 19.2. The molecule has 98 valence electrons. The van der Waals surface area contributed by atoms with Crippen LogP contribution < -0.4 is 10.1 Å². The van der Waals surface area contributed by atoms with Gasteiger partial charge in [-0.15, -0.1) is 0 Å². The lowest BCUT2D eigenvalue weighted by molar-refractivity contribution is 0.303. The fraction of sp³-hybridized carbons (Fsp3) is 0.294. The second-order valence-corrected chi connectivity index (χ2v) is 5.01. The average molecular weight is 253 g/mol. The highest BCUT2D eigenvalue weighted by atomic mass is 16.5. The minimum Gasteiger partial charge on any atom is -0.494 e. The fourth-order valence-electron chi connectivity index (χ4n) is 2.59. The summed E-state index contributed by atoms with van der Waals surface area (Å²) >= 11 is 0. The Morgan fingerprint density at radius 1 is 1.00 bits per heavy atom. The van der Waals surface area contributed by atoms with Crippen LogP contribution in [-0.2, 0) is 6.42 Å². The van der Waals surface area contributed by atoms with E-state index >= 15 is 0 Å². The van der Waals surface area contributed by atoms with Crippen LogP contribution in [0.15, 0.2) is 54.6 Å². The molecular formula is C17H19NO. The predicted octanol–water partition coefficient (Wildman–Crippen LogP) is 3.88. The molecule has 2 nitrogen and oxygen atoms in total. The second kappa shape index (κ2) is 5.79. The van der Waals surface area contributed by atoms with Crippen molar-refractivity contribution in [3.63, 3.8) is 0 Å². The molecule has 0 fully saturated rings. The molecule has 1 N–H and O–H groups in total. The van der Waals surface area contributed by atoms with Gasteiger partial charge in [0.15, 0.2) is 0 Å². The first kappa shape index (κ1) is 12.1. The lowest BCUT2D eigenvalue weighted by atomic mass is 10.1. The van der Waals surface area contributed by atoms with Crippen LogP contribution in [0, 0.1) is 0 Å². The molecule has 1 unspecified atom stereocenters. The van der Waals surface area contributed by atoms with Gasteiger partial charge in [0.25, 0.3) is 0 Å². The minimum atomic E-state index is 0.566. The van der Waals surface area contributed by atoms with Crippen molar-refractivity contribution in [1.82, 2.24) is 0 Å². The van der Waals surface area contributed by atoms with Gasteiger partial charge in [0, 0.05) is 11.7 Å². The van der Waals surface area contributed by atoms with E-state index in [4.69, 9.17) is 4.74 Å². The van der Waals surface area contributed by atoms with Crippen LogP contribution in [0.25, 0.3) is 0 Å².